The number of alkyl halides is 3. The summed E-state index contributed by atoms with van der Waals surface area (Å²) >= 11 is 7.19. The number of amides is 1. The van der Waals surface area contributed by atoms with Crippen LogP contribution in [0.15, 0.2) is 24.4 Å². The van der Waals surface area contributed by atoms with Gasteiger partial charge in [-0.3, -0.25) is 4.79 Å². The highest BCUT2D eigenvalue weighted by molar-refractivity contribution is 7.15. The number of hydrogen-bond acceptors (Lipinski definition) is 3. The second-order valence-corrected chi connectivity index (χ2v) is 6.78. The molecule has 2 aromatic rings. The Morgan fingerprint density at radius 3 is 2.70 bits per heavy atom. The third kappa shape index (κ3) is 4.68. The predicted molar refractivity (Wildman–Crippen MR) is 84.8 cm³/mol. The van der Waals surface area contributed by atoms with Crippen LogP contribution in [0.1, 0.15) is 29.9 Å². The van der Waals surface area contributed by atoms with Gasteiger partial charge in [0.25, 0.3) is 0 Å². The van der Waals surface area contributed by atoms with Crippen LogP contribution in [0.2, 0.25) is 5.02 Å². The van der Waals surface area contributed by atoms with Crippen molar-refractivity contribution in [3.05, 3.63) is 45.4 Å². The highest BCUT2D eigenvalue weighted by Crippen LogP contribution is 2.33. The monoisotopic (exact) mass is 362 g/mol. The molecule has 8 heteroatoms. The molecule has 1 amide bonds. The first-order valence-electron chi connectivity index (χ1n) is 6.78. The lowest BCUT2D eigenvalue weighted by Gasteiger charge is -2.09. The Hall–Kier alpha value is -1.60. The molecule has 0 spiro atoms. The topological polar surface area (TPSA) is 42.0 Å². The molecule has 0 aliphatic carbocycles. The summed E-state index contributed by atoms with van der Waals surface area (Å²) in [6.07, 6.45) is -2.67. The van der Waals surface area contributed by atoms with Gasteiger partial charge in [-0.15, -0.1) is 11.3 Å². The Morgan fingerprint density at radius 1 is 1.39 bits per heavy atom. The molecule has 0 aliphatic heterocycles. The molecule has 0 bridgehead atoms. The zero-order valence-electron chi connectivity index (χ0n) is 12.4. The zero-order valence-corrected chi connectivity index (χ0v) is 13.9. The smallest absolute Gasteiger partial charge is 0.302 e. The van der Waals surface area contributed by atoms with Crippen molar-refractivity contribution < 1.29 is 18.0 Å². The predicted octanol–water partition coefficient (Wildman–Crippen LogP) is 5.00. The fourth-order valence-electron chi connectivity index (χ4n) is 1.77. The van der Waals surface area contributed by atoms with Crippen LogP contribution in [0, 0.1) is 5.92 Å². The lowest BCUT2D eigenvalue weighted by molar-refractivity contribution is -0.137. The van der Waals surface area contributed by atoms with Gasteiger partial charge >= 0.3 is 6.18 Å². The summed E-state index contributed by atoms with van der Waals surface area (Å²) in [5.74, 6) is -0.344. The van der Waals surface area contributed by atoms with E-state index in [2.05, 4.69) is 10.3 Å². The van der Waals surface area contributed by atoms with Crippen LogP contribution in [0.4, 0.5) is 18.3 Å². The van der Waals surface area contributed by atoms with Crippen LogP contribution in [-0.4, -0.2) is 10.9 Å². The molecule has 1 aromatic heterocycles. The van der Waals surface area contributed by atoms with Crippen molar-refractivity contribution >= 4 is 34.0 Å². The molecule has 0 radical (unpaired) electrons. The van der Waals surface area contributed by atoms with Crippen LogP contribution in [0.5, 0.6) is 0 Å². The number of thiazole rings is 1. The Morgan fingerprint density at radius 2 is 2.09 bits per heavy atom. The van der Waals surface area contributed by atoms with Crippen molar-refractivity contribution in [2.75, 3.05) is 5.32 Å². The van der Waals surface area contributed by atoms with Crippen LogP contribution in [0.25, 0.3) is 0 Å². The minimum atomic E-state index is -4.41. The molecule has 0 saturated heterocycles. The van der Waals surface area contributed by atoms with Gasteiger partial charge in [-0.1, -0.05) is 25.4 Å². The van der Waals surface area contributed by atoms with Crippen LogP contribution in [0.3, 0.4) is 0 Å². The van der Waals surface area contributed by atoms with E-state index in [0.29, 0.717) is 15.6 Å². The van der Waals surface area contributed by atoms with E-state index >= 15 is 0 Å². The second-order valence-electron chi connectivity index (χ2n) is 5.26. The van der Waals surface area contributed by atoms with E-state index in [4.69, 9.17) is 11.6 Å². The van der Waals surface area contributed by atoms with E-state index < -0.39 is 11.7 Å². The Balaban J connectivity index is 2.17. The molecule has 0 aliphatic rings. The molecule has 124 valence electrons. The Kier molecular flexibility index (Phi) is 5.31. The molecule has 23 heavy (non-hydrogen) atoms. The fourth-order valence-corrected chi connectivity index (χ4v) is 2.79. The molecule has 0 fully saturated rings. The maximum Gasteiger partial charge on any atom is 0.416 e. The molecule has 0 saturated carbocycles. The van der Waals surface area contributed by atoms with Gasteiger partial charge in [0.05, 0.1) is 5.56 Å². The highest BCUT2D eigenvalue weighted by Gasteiger charge is 2.30. The standard InChI is InChI=1S/C15H14ClF3N2OS/c1-8(2)13(22)21-14-20-7-11(23-14)6-9-5-10(15(17,18)19)3-4-12(9)16/h3-5,7-8H,6H2,1-2H3,(H,20,21,22). The number of rotatable bonds is 4. The molecule has 1 N–H and O–H groups in total. The van der Waals surface area contributed by atoms with E-state index in [1.54, 1.807) is 13.8 Å². The largest absolute Gasteiger partial charge is 0.416 e. The molecule has 0 unspecified atom stereocenters. The number of carbonyl (C=O) groups excluding carboxylic acids is 1. The number of anilines is 1. The van der Waals surface area contributed by atoms with Crippen LogP contribution < -0.4 is 5.32 Å². The number of hydrogen-bond donors (Lipinski definition) is 1. The number of nitrogens with one attached hydrogen (secondary N) is 1. The summed E-state index contributed by atoms with van der Waals surface area (Å²) < 4.78 is 38.3. The van der Waals surface area contributed by atoms with Gasteiger partial charge < -0.3 is 5.32 Å². The van der Waals surface area contributed by atoms with Gasteiger partial charge in [0, 0.05) is 28.4 Å². The highest BCUT2D eigenvalue weighted by atomic mass is 35.5. The van der Waals surface area contributed by atoms with Crippen molar-refractivity contribution in [2.24, 2.45) is 5.92 Å². The van der Waals surface area contributed by atoms with E-state index in [0.717, 1.165) is 12.1 Å². The normalized spacial score (nSPS) is 11.8. The number of benzene rings is 1. The first-order valence-corrected chi connectivity index (χ1v) is 7.97. The van der Waals surface area contributed by atoms with Crippen molar-refractivity contribution in [3.8, 4) is 0 Å². The molecule has 1 heterocycles. The Bertz CT molecular complexity index is 713. The van der Waals surface area contributed by atoms with Crippen molar-refractivity contribution in [2.45, 2.75) is 26.4 Å². The van der Waals surface area contributed by atoms with Crippen molar-refractivity contribution in [1.82, 2.24) is 4.98 Å². The van der Waals surface area contributed by atoms with Gasteiger partial charge in [-0.2, -0.15) is 13.2 Å². The average molecular weight is 363 g/mol. The maximum atomic E-state index is 12.8. The summed E-state index contributed by atoms with van der Waals surface area (Å²) in [5, 5.41) is 3.33. The molecular formula is C15H14ClF3N2OS. The van der Waals surface area contributed by atoms with Gasteiger partial charge in [-0.05, 0) is 23.8 Å². The summed E-state index contributed by atoms with van der Waals surface area (Å²) in [7, 11) is 0. The fraction of sp³-hybridized carbons (Fsp3) is 0.333. The SMILES string of the molecule is CC(C)C(=O)Nc1ncc(Cc2cc(C(F)(F)F)ccc2Cl)s1. The lowest BCUT2D eigenvalue weighted by Crippen LogP contribution is -2.17. The molecule has 0 atom stereocenters. The maximum absolute atomic E-state index is 12.8. The Labute approximate surface area is 140 Å². The molecule has 2 rings (SSSR count). The second kappa shape index (κ2) is 6.88. The summed E-state index contributed by atoms with van der Waals surface area (Å²) in [6, 6.07) is 3.23. The number of carbonyl (C=O) groups is 1. The van der Waals surface area contributed by atoms with Gasteiger partial charge in [-0.25, -0.2) is 4.98 Å². The first-order chi connectivity index (χ1) is 10.7. The number of halogens is 4. The van der Waals surface area contributed by atoms with Gasteiger partial charge in [0.15, 0.2) is 5.13 Å². The molecule has 3 nitrogen and oxygen atoms in total. The van der Waals surface area contributed by atoms with E-state index in [1.807, 2.05) is 0 Å². The summed E-state index contributed by atoms with van der Waals surface area (Å²) in [6.45, 7) is 3.51. The van der Waals surface area contributed by atoms with E-state index in [1.165, 1.54) is 23.6 Å². The zero-order chi connectivity index (χ0) is 17.2. The molecular weight excluding hydrogens is 349 g/mol. The minimum Gasteiger partial charge on any atom is -0.302 e. The van der Waals surface area contributed by atoms with Crippen LogP contribution in [-0.2, 0) is 17.4 Å². The first kappa shape index (κ1) is 17.7. The summed E-state index contributed by atoms with van der Waals surface area (Å²) in [5.41, 5.74) is -0.373. The third-order valence-corrected chi connectivity index (χ3v) is 4.33. The van der Waals surface area contributed by atoms with Crippen LogP contribution >= 0.6 is 22.9 Å². The number of aromatic nitrogens is 1. The van der Waals surface area contributed by atoms with Crippen molar-refractivity contribution in [1.29, 1.82) is 0 Å². The lowest BCUT2D eigenvalue weighted by atomic mass is 10.1. The number of nitrogens with zero attached hydrogens (tertiary/aromatic N) is 1. The quantitative estimate of drug-likeness (QED) is 0.831. The van der Waals surface area contributed by atoms with Crippen molar-refractivity contribution in [3.63, 3.8) is 0 Å². The molecule has 1 aromatic carbocycles. The summed E-state index contributed by atoms with van der Waals surface area (Å²) in [4.78, 5) is 16.4. The third-order valence-electron chi connectivity index (χ3n) is 3.05. The van der Waals surface area contributed by atoms with E-state index in [9.17, 15) is 18.0 Å². The average Bonchev–Trinajstić information content (AvgIpc) is 2.87. The van der Waals surface area contributed by atoms with E-state index in [-0.39, 0.29) is 23.3 Å². The van der Waals surface area contributed by atoms with Gasteiger partial charge in [0.2, 0.25) is 5.91 Å². The minimum absolute atomic E-state index is 0.164. The van der Waals surface area contributed by atoms with Gasteiger partial charge in [0.1, 0.15) is 0 Å².